The molecule has 0 spiro atoms. The van der Waals surface area contributed by atoms with Crippen LogP contribution < -0.4 is 19.4 Å². The average Bonchev–Trinajstić information content (AvgIpc) is 3.90. The number of hydrogen-bond acceptors (Lipinski definition) is 4. The van der Waals surface area contributed by atoms with Gasteiger partial charge in [-0.2, -0.15) is 0 Å². The van der Waals surface area contributed by atoms with Crippen LogP contribution in [0.15, 0.2) is 84.9 Å². The molecule has 230 valence electrons. The van der Waals surface area contributed by atoms with Gasteiger partial charge < -0.3 is 19.4 Å². The number of rotatable bonds is 10. The quantitative estimate of drug-likeness (QED) is 0.0780. The SMILES string of the molecule is BrCCCOc1ccc(-c2c3nc(cc4ccc([n-]4)c(-c4ccc(OCCCBr)cc4)c4ccc(cc5nc2C=C5)[n-]4)C=C3)cc1.[Zn+2]. The Hall–Kier alpha value is -3.78. The van der Waals surface area contributed by atoms with Gasteiger partial charge in [-0.1, -0.05) is 92.5 Å². The minimum Gasteiger partial charge on any atom is -0.657 e. The molecule has 0 saturated carbocycles. The molecular weight excluding hydrogens is 770 g/mol. The number of halogens is 2. The van der Waals surface area contributed by atoms with Crippen molar-refractivity contribution >= 4 is 78.2 Å². The fraction of sp³-hybridized carbons (Fsp3) is 0.158. The average molecular weight is 800 g/mol. The maximum absolute atomic E-state index is 5.89. The fourth-order valence-electron chi connectivity index (χ4n) is 5.47. The van der Waals surface area contributed by atoms with Crippen LogP contribution >= 0.6 is 31.9 Å². The largest absolute Gasteiger partial charge is 2.00 e. The molecule has 2 aliphatic rings. The van der Waals surface area contributed by atoms with Crippen LogP contribution in [0.1, 0.15) is 35.6 Å². The van der Waals surface area contributed by atoms with Crippen molar-refractivity contribution in [1.29, 1.82) is 0 Å². The van der Waals surface area contributed by atoms with Gasteiger partial charge in [-0.25, -0.2) is 9.97 Å². The summed E-state index contributed by atoms with van der Waals surface area (Å²) in [7, 11) is 0. The normalized spacial score (nSPS) is 11.8. The first-order valence-electron chi connectivity index (χ1n) is 15.2. The third-order valence-corrected chi connectivity index (χ3v) is 8.76. The van der Waals surface area contributed by atoms with E-state index in [9.17, 15) is 0 Å². The summed E-state index contributed by atoms with van der Waals surface area (Å²) in [5.74, 6) is 1.68. The van der Waals surface area contributed by atoms with Gasteiger partial charge in [0.15, 0.2) is 0 Å². The number of benzene rings is 2. The monoisotopic (exact) mass is 796 g/mol. The van der Waals surface area contributed by atoms with Crippen LogP contribution in [0.3, 0.4) is 0 Å². The molecule has 7 rings (SSSR count). The first-order valence-corrected chi connectivity index (χ1v) is 17.5. The number of hydrogen-bond donors (Lipinski definition) is 0. The summed E-state index contributed by atoms with van der Waals surface area (Å²) in [4.78, 5) is 20.1. The predicted molar refractivity (Wildman–Crippen MR) is 195 cm³/mol. The molecule has 2 aromatic carbocycles. The molecule has 0 fully saturated rings. The molecule has 5 heterocycles. The van der Waals surface area contributed by atoms with Crippen LogP contribution in [-0.4, -0.2) is 33.8 Å². The van der Waals surface area contributed by atoms with Crippen LogP contribution in [0, 0.1) is 0 Å². The number of ether oxygens (including phenoxy) is 2. The predicted octanol–water partition coefficient (Wildman–Crippen LogP) is 9.57. The molecule has 0 N–H and O–H groups in total. The van der Waals surface area contributed by atoms with Crippen molar-refractivity contribution in [3.05, 3.63) is 108 Å². The van der Waals surface area contributed by atoms with Crippen LogP contribution in [0.4, 0.5) is 0 Å². The number of nitrogens with zero attached hydrogens (tertiary/aromatic N) is 4. The second kappa shape index (κ2) is 15.4. The van der Waals surface area contributed by atoms with Crippen molar-refractivity contribution in [2.24, 2.45) is 0 Å². The maximum atomic E-state index is 5.89. The molecule has 5 aromatic rings. The van der Waals surface area contributed by atoms with Gasteiger partial charge in [0, 0.05) is 16.2 Å². The van der Waals surface area contributed by atoms with E-state index in [1.54, 1.807) is 0 Å². The molecule has 0 radical (unpaired) electrons. The number of aromatic nitrogens is 4. The number of alkyl halides is 2. The summed E-state index contributed by atoms with van der Waals surface area (Å²) in [5, 5.41) is 1.83. The van der Waals surface area contributed by atoms with Crippen LogP contribution in [0.2, 0.25) is 0 Å². The first kappa shape index (κ1) is 33.1. The van der Waals surface area contributed by atoms with Crippen LogP contribution in [0.5, 0.6) is 11.5 Å². The fourth-order valence-corrected chi connectivity index (χ4v) is 5.93. The summed E-state index contributed by atoms with van der Waals surface area (Å²) in [6, 6.07) is 28.5. The summed E-state index contributed by atoms with van der Waals surface area (Å²) in [6.07, 6.45) is 10.0. The Balaban J connectivity index is 0.00000386. The van der Waals surface area contributed by atoms with Gasteiger partial charge in [-0.05, 0) is 78.1 Å². The zero-order chi connectivity index (χ0) is 31.3. The minimum absolute atomic E-state index is 0. The van der Waals surface area contributed by atoms with E-state index < -0.39 is 0 Å². The van der Waals surface area contributed by atoms with E-state index >= 15 is 0 Å². The molecule has 0 aliphatic carbocycles. The summed E-state index contributed by atoms with van der Waals surface area (Å²) in [5.41, 5.74) is 10.7. The summed E-state index contributed by atoms with van der Waals surface area (Å²) in [6.45, 7) is 1.34. The second-order valence-electron chi connectivity index (χ2n) is 10.9. The Bertz CT molecular complexity index is 1990. The van der Waals surface area contributed by atoms with Crippen molar-refractivity contribution in [2.75, 3.05) is 23.9 Å². The summed E-state index contributed by atoms with van der Waals surface area (Å²) >= 11 is 6.92. The van der Waals surface area contributed by atoms with E-state index in [0.717, 1.165) is 102 Å². The molecule has 3 aromatic heterocycles. The molecule has 0 amide bonds. The van der Waals surface area contributed by atoms with E-state index in [1.165, 1.54) is 0 Å². The van der Waals surface area contributed by atoms with Crippen molar-refractivity contribution in [3.8, 4) is 33.8 Å². The molecule has 0 unspecified atom stereocenters. The van der Waals surface area contributed by atoms with Crippen LogP contribution in [0.25, 0.3) is 68.6 Å². The Morgan fingerprint density at radius 2 is 0.979 bits per heavy atom. The maximum Gasteiger partial charge on any atom is 2.00 e. The first-order chi connectivity index (χ1) is 22.7. The van der Waals surface area contributed by atoms with Gasteiger partial charge in [0.2, 0.25) is 0 Å². The zero-order valence-electron chi connectivity index (χ0n) is 25.7. The van der Waals surface area contributed by atoms with Crippen LogP contribution in [-0.2, 0) is 19.5 Å². The van der Waals surface area contributed by atoms with E-state index in [1.807, 2.05) is 85.0 Å². The Morgan fingerprint density at radius 1 is 0.532 bits per heavy atom. The van der Waals surface area contributed by atoms with Crippen molar-refractivity contribution in [1.82, 2.24) is 19.9 Å². The molecule has 9 heteroatoms. The molecule has 47 heavy (non-hydrogen) atoms. The Morgan fingerprint density at radius 3 is 1.43 bits per heavy atom. The Labute approximate surface area is 303 Å². The second-order valence-corrected chi connectivity index (χ2v) is 12.5. The smallest absolute Gasteiger partial charge is 0.657 e. The van der Waals surface area contributed by atoms with E-state index in [-0.39, 0.29) is 19.5 Å². The third-order valence-electron chi connectivity index (χ3n) is 7.64. The molecule has 0 atom stereocenters. The molecule has 8 bridgehead atoms. The minimum atomic E-state index is 0. The molecule has 6 nitrogen and oxygen atoms in total. The third kappa shape index (κ3) is 7.69. The van der Waals surface area contributed by atoms with Gasteiger partial charge in [0.05, 0.1) is 36.0 Å². The summed E-state index contributed by atoms with van der Waals surface area (Å²) < 4.78 is 11.8. The van der Waals surface area contributed by atoms with Gasteiger partial charge >= 0.3 is 19.5 Å². The van der Waals surface area contributed by atoms with Crippen molar-refractivity contribution in [2.45, 2.75) is 12.8 Å². The van der Waals surface area contributed by atoms with Crippen molar-refractivity contribution in [3.63, 3.8) is 0 Å². The molecule has 2 aliphatic heterocycles. The van der Waals surface area contributed by atoms with E-state index in [2.05, 4.69) is 56.1 Å². The van der Waals surface area contributed by atoms with Gasteiger partial charge in [0.25, 0.3) is 0 Å². The topological polar surface area (TPSA) is 72.4 Å². The van der Waals surface area contributed by atoms with Gasteiger partial charge in [-0.3, -0.25) is 0 Å². The van der Waals surface area contributed by atoms with Gasteiger partial charge in [-0.15, -0.1) is 22.1 Å². The molecular formula is C38H30Br2N4O2Zn. The standard InChI is InChI=1S/C38H30Br2N4O2.Zn/c39-19-1-21-45-31-11-3-25(4-12-31)37-33-15-7-27(41-33)23-29-9-17-35(43-29)38(26-5-13-32(14-6-26)46-22-2-20-40)36-18-10-30(44-36)24-28-8-16-34(37)42-28;/h3-18,23-24H,1-2,19-22H2;/q-2;+2. The molecule has 0 saturated heterocycles. The number of fused-ring (bicyclic) bond motifs is 8. The van der Waals surface area contributed by atoms with Gasteiger partial charge in [0.1, 0.15) is 11.5 Å². The van der Waals surface area contributed by atoms with Crippen molar-refractivity contribution < 1.29 is 29.0 Å². The van der Waals surface area contributed by atoms with E-state index in [0.29, 0.717) is 13.2 Å². The zero-order valence-corrected chi connectivity index (χ0v) is 31.8. The van der Waals surface area contributed by atoms with E-state index in [4.69, 9.17) is 29.4 Å². The Kier molecular flexibility index (Phi) is 10.9.